The van der Waals surface area contributed by atoms with Crippen molar-refractivity contribution in [2.45, 2.75) is 69.5 Å². The van der Waals surface area contributed by atoms with Gasteiger partial charge in [-0.2, -0.15) is 0 Å². The fourth-order valence-electron chi connectivity index (χ4n) is 2.45. The van der Waals surface area contributed by atoms with Gasteiger partial charge in [0.15, 0.2) is 0 Å². The van der Waals surface area contributed by atoms with Gasteiger partial charge < -0.3 is 4.74 Å². The van der Waals surface area contributed by atoms with Crippen molar-refractivity contribution in [2.24, 2.45) is 0 Å². The number of alkyl halides is 2. The summed E-state index contributed by atoms with van der Waals surface area (Å²) in [5.74, 6) is -2.42. The van der Waals surface area contributed by atoms with Gasteiger partial charge in [0.25, 0.3) is 0 Å². The normalized spacial score (nSPS) is 29.6. The van der Waals surface area contributed by atoms with Crippen LogP contribution < -0.4 is 0 Å². The number of hydrogen-bond donors (Lipinski definition) is 0. The van der Waals surface area contributed by atoms with Gasteiger partial charge in [-0.3, -0.25) is 0 Å². The topological polar surface area (TPSA) is 9.23 Å². The van der Waals surface area contributed by atoms with E-state index in [2.05, 4.69) is 0 Å². The zero-order valence-electron chi connectivity index (χ0n) is 8.48. The summed E-state index contributed by atoms with van der Waals surface area (Å²) in [6.45, 7) is 0. The van der Waals surface area contributed by atoms with Crippen LogP contribution in [0.15, 0.2) is 0 Å². The van der Waals surface area contributed by atoms with E-state index in [0.29, 0.717) is 18.9 Å². The molecule has 0 aliphatic heterocycles. The lowest BCUT2D eigenvalue weighted by Gasteiger charge is -2.30. The molecule has 0 N–H and O–H groups in total. The standard InChI is InChI=1S/C11H18F2O/c12-11(13)7-5-10(6-8-11)14-9-3-1-2-4-9/h9-10H,1-8H2. The Bertz CT molecular complexity index is 178. The SMILES string of the molecule is FC1(F)CCC(OC2CCCC2)CC1. The van der Waals surface area contributed by atoms with Crippen LogP contribution in [0.4, 0.5) is 8.78 Å². The molecular formula is C11H18F2O. The lowest BCUT2D eigenvalue weighted by molar-refractivity contribution is -0.0972. The van der Waals surface area contributed by atoms with Crippen LogP contribution in [0.2, 0.25) is 0 Å². The first-order valence-corrected chi connectivity index (χ1v) is 5.69. The average molecular weight is 204 g/mol. The van der Waals surface area contributed by atoms with Gasteiger partial charge in [0.2, 0.25) is 5.92 Å². The van der Waals surface area contributed by atoms with E-state index >= 15 is 0 Å². The van der Waals surface area contributed by atoms with Crippen molar-refractivity contribution in [2.75, 3.05) is 0 Å². The molecule has 2 aliphatic rings. The second-order valence-corrected chi connectivity index (χ2v) is 4.60. The van der Waals surface area contributed by atoms with Gasteiger partial charge >= 0.3 is 0 Å². The largest absolute Gasteiger partial charge is 0.375 e. The minimum atomic E-state index is -2.42. The zero-order valence-corrected chi connectivity index (χ0v) is 8.48. The van der Waals surface area contributed by atoms with E-state index < -0.39 is 5.92 Å². The van der Waals surface area contributed by atoms with Gasteiger partial charge in [0.1, 0.15) is 0 Å². The Kier molecular flexibility index (Phi) is 3.05. The van der Waals surface area contributed by atoms with Gasteiger partial charge in [0.05, 0.1) is 12.2 Å². The number of halogens is 2. The minimum Gasteiger partial charge on any atom is -0.375 e. The highest BCUT2D eigenvalue weighted by Gasteiger charge is 2.36. The van der Waals surface area contributed by atoms with Crippen LogP contribution in [-0.4, -0.2) is 18.1 Å². The molecule has 2 fully saturated rings. The van der Waals surface area contributed by atoms with Crippen molar-refractivity contribution in [3.63, 3.8) is 0 Å². The third-order valence-electron chi connectivity index (χ3n) is 3.35. The highest BCUT2D eigenvalue weighted by atomic mass is 19.3. The minimum absolute atomic E-state index is 0.0182. The molecule has 0 amide bonds. The van der Waals surface area contributed by atoms with E-state index in [1.807, 2.05) is 0 Å². The van der Waals surface area contributed by atoms with Gasteiger partial charge in [0, 0.05) is 12.8 Å². The second kappa shape index (κ2) is 4.13. The molecule has 2 rings (SSSR count). The third-order valence-corrected chi connectivity index (χ3v) is 3.35. The van der Waals surface area contributed by atoms with E-state index in [0.717, 1.165) is 12.8 Å². The Morgan fingerprint density at radius 1 is 0.857 bits per heavy atom. The van der Waals surface area contributed by atoms with E-state index in [-0.39, 0.29) is 18.9 Å². The summed E-state index contributed by atoms with van der Waals surface area (Å²) in [5, 5.41) is 0. The molecule has 1 nitrogen and oxygen atoms in total. The molecular weight excluding hydrogens is 186 g/mol. The Morgan fingerprint density at radius 3 is 1.93 bits per heavy atom. The van der Waals surface area contributed by atoms with Crippen LogP contribution in [0.5, 0.6) is 0 Å². The average Bonchev–Trinajstić information content (AvgIpc) is 2.61. The quantitative estimate of drug-likeness (QED) is 0.668. The summed E-state index contributed by atoms with van der Waals surface area (Å²) < 4.78 is 31.5. The van der Waals surface area contributed by atoms with Crippen molar-refractivity contribution in [1.82, 2.24) is 0 Å². The summed E-state index contributed by atoms with van der Waals surface area (Å²) in [4.78, 5) is 0. The zero-order chi connectivity index (χ0) is 10.0. The maximum Gasteiger partial charge on any atom is 0.248 e. The lowest BCUT2D eigenvalue weighted by atomic mass is 9.94. The monoisotopic (exact) mass is 204 g/mol. The summed E-state index contributed by atoms with van der Waals surface area (Å²) in [7, 11) is 0. The maximum absolute atomic E-state index is 12.8. The first kappa shape index (κ1) is 10.3. The highest BCUT2D eigenvalue weighted by molar-refractivity contribution is 4.79. The van der Waals surface area contributed by atoms with Gasteiger partial charge in [-0.1, -0.05) is 12.8 Å². The van der Waals surface area contributed by atoms with Crippen molar-refractivity contribution < 1.29 is 13.5 Å². The molecule has 0 heterocycles. The number of ether oxygens (including phenoxy) is 1. The van der Waals surface area contributed by atoms with Crippen LogP contribution in [0, 0.1) is 0 Å². The van der Waals surface area contributed by atoms with Crippen molar-refractivity contribution in [3.05, 3.63) is 0 Å². The summed E-state index contributed by atoms with van der Waals surface area (Å²) in [5.41, 5.74) is 0. The Balaban J connectivity index is 1.72. The molecule has 0 radical (unpaired) electrons. The molecule has 0 atom stereocenters. The van der Waals surface area contributed by atoms with Crippen molar-refractivity contribution >= 4 is 0 Å². The maximum atomic E-state index is 12.8. The molecule has 0 spiro atoms. The molecule has 0 aromatic rings. The van der Waals surface area contributed by atoms with E-state index in [1.54, 1.807) is 0 Å². The third kappa shape index (κ3) is 2.66. The van der Waals surface area contributed by atoms with Crippen LogP contribution in [0.1, 0.15) is 51.4 Å². The van der Waals surface area contributed by atoms with E-state index in [9.17, 15) is 8.78 Å². The lowest BCUT2D eigenvalue weighted by Crippen LogP contribution is -2.31. The fraction of sp³-hybridized carbons (Fsp3) is 1.00. The molecule has 0 aromatic heterocycles. The molecule has 0 bridgehead atoms. The molecule has 2 aliphatic carbocycles. The first-order valence-electron chi connectivity index (χ1n) is 5.69. The Morgan fingerprint density at radius 2 is 1.36 bits per heavy atom. The molecule has 14 heavy (non-hydrogen) atoms. The molecule has 82 valence electrons. The van der Waals surface area contributed by atoms with Crippen LogP contribution in [0.25, 0.3) is 0 Å². The number of rotatable bonds is 2. The number of hydrogen-bond acceptors (Lipinski definition) is 1. The molecule has 2 saturated carbocycles. The second-order valence-electron chi connectivity index (χ2n) is 4.60. The Hall–Kier alpha value is -0.180. The van der Waals surface area contributed by atoms with Crippen molar-refractivity contribution in [1.29, 1.82) is 0 Å². The predicted molar refractivity (Wildman–Crippen MR) is 50.5 cm³/mol. The van der Waals surface area contributed by atoms with Gasteiger partial charge in [-0.05, 0) is 25.7 Å². The van der Waals surface area contributed by atoms with Crippen LogP contribution >= 0.6 is 0 Å². The molecule has 0 saturated heterocycles. The van der Waals surface area contributed by atoms with Crippen LogP contribution in [0.3, 0.4) is 0 Å². The van der Waals surface area contributed by atoms with E-state index in [1.165, 1.54) is 12.8 Å². The summed E-state index contributed by atoms with van der Waals surface area (Å²) in [6.07, 6.45) is 6.35. The summed E-state index contributed by atoms with van der Waals surface area (Å²) >= 11 is 0. The van der Waals surface area contributed by atoms with Gasteiger partial charge in [-0.25, -0.2) is 8.78 Å². The molecule has 0 unspecified atom stereocenters. The molecule has 3 heteroatoms. The van der Waals surface area contributed by atoms with Gasteiger partial charge in [-0.15, -0.1) is 0 Å². The van der Waals surface area contributed by atoms with Crippen molar-refractivity contribution in [3.8, 4) is 0 Å². The predicted octanol–water partition coefficient (Wildman–Crippen LogP) is 3.52. The molecule has 0 aromatic carbocycles. The van der Waals surface area contributed by atoms with Crippen LogP contribution in [-0.2, 0) is 4.74 Å². The van der Waals surface area contributed by atoms with E-state index in [4.69, 9.17) is 4.74 Å². The Labute approximate surface area is 83.8 Å². The highest BCUT2D eigenvalue weighted by Crippen LogP contribution is 2.35. The summed E-state index contributed by atoms with van der Waals surface area (Å²) in [6, 6.07) is 0. The first-order chi connectivity index (χ1) is 6.66. The smallest absolute Gasteiger partial charge is 0.248 e. The fourth-order valence-corrected chi connectivity index (χ4v) is 2.45.